The van der Waals surface area contributed by atoms with Gasteiger partial charge in [-0.2, -0.15) is 0 Å². The van der Waals surface area contributed by atoms with E-state index in [1.807, 2.05) is 18.7 Å². The van der Waals surface area contributed by atoms with Crippen molar-refractivity contribution in [1.82, 2.24) is 9.80 Å². The molecule has 1 amide bonds. The van der Waals surface area contributed by atoms with Crippen LogP contribution < -0.4 is 9.64 Å². The number of hydrogen-bond donors (Lipinski definition) is 0. The summed E-state index contributed by atoms with van der Waals surface area (Å²) >= 11 is 0. The lowest BCUT2D eigenvalue weighted by Gasteiger charge is -2.48. The van der Waals surface area contributed by atoms with Crippen LogP contribution in [0.4, 0.5) is 5.69 Å². The van der Waals surface area contributed by atoms with Gasteiger partial charge >= 0.3 is 0 Å². The fourth-order valence-electron chi connectivity index (χ4n) is 5.66. The number of nitrogens with zero attached hydrogens (tertiary/aromatic N) is 3. The van der Waals surface area contributed by atoms with E-state index >= 15 is 0 Å². The third-order valence-electron chi connectivity index (χ3n) is 7.97. The van der Waals surface area contributed by atoms with Crippen LogP contribution in [0.25, 0.3) is 0 Å². The number of piperazine rings is 1. The number of carbonyl (C=O) groups excluding carboxylic acids is 1. The lowest BCUT2D eigenvalue weighted by atomic mass is 9.81. The van der Waals surface area contributed by atoms with Crippen molar-refractivity contribution in [1.29, 1.82) is 0 Å². The molecule has 164 valence electrons. The molecule has 0 atom stereocenters. The lowest BCUT2D eigenvalue weighted by Crippen LogP contribution is -2.53. The largest absolute Gasteiger partial charge is 0.487 e. The molecule has 5 nitrogen and oxygen atoms in total. The summed E-state index contributed by atoms with van der Waals surface area (Å²) in [6.07, 6.45) is 8.85. The van der Waals surface area contributed by atoms with Gasteiger partial charge in [0, 0.05) is 56.9 Å². The Morgan fingerprint density at radius 2 is 1.77 bits per heavy atom. The van der Waals surface area contributed by atoms with Crippen LogP contribution in [0.1, 0.15) is 57.9 Å². The number of rotatable bonds is 3. The van der Waals surface area contributed by atoms with Gasteiger partial charge in [0.15, 0.2) is 0 Å². The van der Waals surface area contributed by atoms with Crippen molar-refractivity contribution in [2.45, 2.75) is 70.4 Å². The summed E-state index contributed by atoms with van der Waals surface area (Å²) < 4.78 is 6.66. The maximum absolute atomic E-state index is 12.2. The maximum Gasteiger partial charge on any atom is 0.225 e. The van der Waals surface area contributed by atoms with Crippen molar-refractivity contribution < 1.29 is 9.53 Å². The van der Waals surface area contributed by atoms with Gasteiger partial charge in [0.1, 0.15) is 11.4 Å². The van der Waals surface area contributed by atoms with Gasteiger partial charge < -0.3 is 19.4 Å². The highest BCUT2D eigenvalue weighted by Gasteiger charge is 2.41. The number of amides is 1. The van der Waals surface area contributed by atoms with E-state index in [1.165, 1.54) is 56.4 Å². The smallest absolute Gasteiger partial charge is 0.225 e. The summed E-state index contributed by atoms with van der Waals surface area (Å²) in [7, 11) is 0. The van der Waals surface area contributed by atoms with E-state index in [-0.39, 0.29) is 17.4 Å². The van der Waals surface area contributed by atoms with Crippen LogP contribution >= 0.6 is 0 Å². The van der Waals surface area contributed by atoms with Crippen LogP contribution in [0.2, 0.25) is 0 Å². The Bertz CT molecular complexity index is 773. The first-order chi connectivity index (χ1) is 14.5. The summed E-state index contributed by atoms with van der Waals surface area (Å²) in [4.78, 5) is 19.4. The van der Waals surface area contributed by atoms with Gasteiger partial charge in [0.05, 0.1) is 0 Å². The molecule has 0 radical (unpaired) electrons. The first-order valence-electron chi connectivity index (χ1n) is 12.1. The minimum absolute atomic E-state index is 0.0671. The molecule has 5 heteroatoms. The van der Waals surface area contributed by atoms with E-state index in [1.54, 1.807) is 0 Å². The minimum Gasteiger partial charge on any atom is -0.487 e. The predicted octanol–water partition coefficient (Wildman–Crippen LogP) is 3.70. The van der Waals surface area contributed by atoms with Crippen LogP contribution in [0.3, 0.4) is 0 Å². The molecular formula is C25H37N3O2. The molecule has 1 aromatic carbocycles. The van der Waals surface area contributed by atoms with Crippen molar-refractivity contribution in [3.05, 3.63) is 23.8 Å². The second kappa shape index (κ2) is 8.07. The molecule has 0 N–H and O–H groups in total. The van der Waals surface area contributed by atoms with E-state index < -0.39 is 0 Å². The Hall–Kier alpha value is -1.75. The van der Waals surface area contributed by atoms with E-state index in [2.05, 4.69) is 28.0 Å². The van der Waals surface area contributed by atoms with Crippen LogP contribution in [0.5, 0.6) is 5.75 Å². The van der Waals surface area contributed by atoms with E-state index in [4.69, 9.17) is 4.74 Å². The van der Waals surface area contributed by atoms with E-state index in [0.717, 1.165) is 50.8 Å². The standard InChI is InChI=1S/C25H37N3O2/c1-19(2)24(29)28-16-14-27(15-17-28)22-6-7-23-20(18-22)8-9-25(30-23)10-12-26(13-11-25)21-4-3-5-21/h6-7,18-19,21H,3-5,8-17H2,1-2H3. The Morgan fingerprint density at radius 1 is 1.03 bits per heavy atom. The van der Waals surface area contributed by atoms with Crippen molar-refractivity contribution in [3.63, 3.8) is 0 Å². The Labute approximate surface area is 181 Å². The van der Waals surface area contributed by atoms with Crippen molar-refractivity contribution in [3.8, 4) is 5.75 Å². The molecule has 0 unspecified atom stereocenters. The van der Waals surface area contributed by atoms with E-state index in [9.17, 15) is 4.79 Å². The highest BCUT2D eigenvalue weighted by Crippen LogP contribution is 2.42. The molecule has 4 aliphatic rings. The van der Waals surface area contributed by atoms with Crippen molar-refractivity contribution in [2.75, 3.05) is 44.2 Å². The molecule has 2 saturated heterocycles. The number of piperidine rings is 1. The molecule has 3 heterocycles. The number of ether oxygens (including phenoxy) is 1. The first kappa shape index (κ1) is 20.2. The lowest BCUT2D eigenvalue weighted by molar-refractivity contribution is -0.134. The molecule has 30 heavy (non-hydrogen) atoms. The first-order valence-corrected chi connectivity index (χ1v) is 12.1. The van der Waals surface area contributed by atoms with Gasteiger partial charge in [-0.3, -0.25) is 4.79 Å². The quantitative estimate of drug-likeness (QED) is 0.760. The molecule has 3 fully saturated rings. The molecule has 1 saturated carbocycles. The molecule has 0 bridgehead atoms. The molecule has 1 aliphatic carbocycles. The van der Waals surface area contributed by atoms with Crippen LogP contribution in [-0.2, 0) is 11.2 Å². The zero-order valence-corrected chi connectivity index (χ0v) is 18.7. The Morgan fingerprint density at radius 3 is 2.40 bits per heavy atom. The number of anilines is 1. The number of hydrogen-bond acceptors (Lipinski definition) is 4. The second-order valence-electron chi connectivity index (χ2n) is 10.2. The molecule has 5 rings (SSSR count). The summed E-state index contributed by atoms with van der Waals surface area (Å²) in [6.45, 7) is 9.87. The van der Waals surface area contributed by atoms with Gasteiger partial charge in [-0.25, -0.2) is 0 Å². The zero-order chi connectivity index (χ0) is 20.7. The third kappa shape index (κ3) is 3.81. The SMILES string of the molecule is CC(C)C(=O)N1CCN(c2ccc3c(c2)CCC2(CCN(C4CCC4)CC2)O3)CC1. The summed E-state index contributed by atoms with van der Waals surface area (Å²) in [6, 6.07) is 7.62. The van der Waals surface area contributed by atoms with Crippen LogP contribution in [-0.4, -0.2) is 66.6 Å². The van der Waals surface area contributed by atoms with Gasteiger partial charge in [-0.05, 0) is 62.3 Å². The van der Waals surface area contributed by atoms with Crippen LogP contribution in [0.15, 0.2) is 18.2 Å². The van der Waals surface area contributed by atoms with Crippen molar-refractivity contribution in [2.24, 2.45) is 5.92 Å². The highest BCUT2D eigenvalue weighted by atomic mass is 16.5. The summed E-state index contributed by atoms with van der Waals surface area (Å²) in [5.74, 6) is 1.48. The monoisotopic (exact) mass is 411 g/mol. The summed E-state index contributed by atoms with van der Waals surface area (Å²) in [5.41, 5.74) is 2.71. The topological polar surface area (TPSA) is 36.0 Å². The molecule has 1 spiro atoms. The normalized spacial score (nSPS) is 24.5. The fraction of sp³-hybridized carbons (Fsp3) is 0.720. The average molecular weight is 412 g/mol. The highest BCUT2D eigenvalue weighted by molar-refractivity contribution is 5.78. The number of carbonyl (C=O) groups is 1. The van der Waals surface area contributed by atoms with Gasteiger partial charge in [-0.1, -0.05) is 20.3 Å². The van der Waals surface area contributed by atoms with E-state index in [0.29, 0.717) is 0 Å². The molecule has 3 aliphatic heterocycles. The Kier molecular flexibility index (Phi) is 5.42. The predicted molar refractivity (Wildman–Crippen MR) is 120 cm³/mol. The minimum atomic E-state index is 0.0671. The zero-order valence-electron chi connectivity index (χ0n) is 18.7. The second-order valence-corrected chi connectivity index (χ2v) is 10.2. The molecule has 0 aromatic heterocycles. The number of aryl methyl sites for hydroxylation is 1. The summed E-state index contributed by atoms with van der Waals surface area (Å²) in [5, 5.41) is 0. The van der Waals surface area contributed by atoms with Gasteiger partial charge in [0.2, 0.25) is 5.91 Å². The van der Waals surface area contributed by atoms with Crippen LogP contribution in [0, 0.1) is 5.92 Å². The Balaban J connectivity index is 1.20. The number of benzene rings is 1. The maximum atomic E-state index is 12.2. The fourth-order valence-corrected chi connectivity index (χ4v) is 5.66. The molecular weight excluding hydrogens is 374 g/mol. The molecule has 1 aromatic rings. The van der Waals surface area contributed by atoms with Gasteiger partial charge in [-0.15, -0.1) is 0 Å². The van der Waals surface area contributed by atoms with Gasteiger partial charge in [0.25, 0.3) is 0 Å². The average Bonchev–Trinajstić information content (AvgIpc) is 2.73. The van der Waals surface area contributed by atoms with Crippen molar-refractivity contribution >= 4 is 11.6 Å². The number of likely N-dealkylation sites (tertiary alicyclic amines) is 1. The number of fused-ring (bicyclic) bond motifs is 1. The third-order valence-corrected chi connectivity index (χ3v) is 7.97.